The molecule has 2 aromatic rings. The van der Waals surface area contributed by atoms with Gasteiger partial charge in [0, 0.05) is 44.6 Å². The molecule has 0 atom stereocenters. The van der Waals surface area contributed by atoms with Gasteiger partial charge in [0.05, 0.1) is 12.2 Å². The van der Waals surface area contributed by atoms with E-state index in [4.69, 9.17) is 0 Å². The highest BCUT2D eigenvalue weighted by Gasteiger charge is 2.11. The molecule has 0 aliphatic heterocycles. The van der Waals surface area contributed by atoms with Crippen LogP contribution in [0.2, 0.25) is 0 Å². The second kappa shape index (κ2) is 6.36. The topological polar surface area (TPSA) is 56.0 Å². The van der Waals surface area contributed by atoms with Crippen LogP contribution in [0.5, 0.6) is 0 Å². The van der Waals surface area contributed by atoms with Crippen LogP contribution in [-0.4, -0.2) is 37.4 Å². The zero-order valence-electron chi connectivity index (χ0n) is 12.3. The maximum absolute atomic E-state index is 12.1. The zero-order valence-corrected chi connectivity index (χ0v) is 12.3. The summed E-state index contributed by atoms with van der Waals surface area (Å²) in [6, 6.07) is 3.89. The van der Waals surface area contributed by atoms with E-state index in [-0.39, 0.29) is 5.91 Å². The second-order valence-electron chi connectivity index (χ2n) is 4.86. The predicted molar refractivity (Wildman–Crippen MR) is 76.0 cm³/mol. The lowest BCUT2D eigenvalue weighted by Crippen LogP contribution is -2.27. The van der Waals surface area contributed by atoms with Crippen molar-refractivity contribution in [2.24, 2.45) is 0 Å². The van der Waals surface area contributed by atoms with Gasteiger partial charge in [-0.25, -0.2) is 0 Å². The van der Waals surface area contributed by atoms with Gasteiger partial charge in [-0.1, -0.05) is 0 Å². The Bertz CT molecular complexity index is 572. The summed E-state index contributed by atoms with van der Waals surface area (Å²) in [5, 5.41) is 8.56. The number of carbonyl (C=O) groups is 1. The van der Waals surface area contributed by atoms with Gasteiger partial charge < -0.3 is 4.90 Å². The van der Waals surface area contributed by atoms with Crippen molar-refractivity contribution < 1.29 is 4.79 Å². The fraction of sp³-hybridized carbons (Fsp3) is 0.500. The van der Waals surface area contributed by atoms with Crippen LogP contribution in [0.25, 0.3) is 0 Å². The summed E-state index contributed by atoms with van der Waals surface area (Å²) in [4.78, 5) is 13.8. The van der Waals surface area contributed by atoms with Crippen LogP contribution < -0.4 is 0 Å². The molecule has 2 rings (SSSR count). The maximum Gasteiger partial charge on any atom is 0.224 e. The first-order valence-electron chi connectivity index (χ1n) is 6.85. The van der Waals surface area contributed by atoms with E-state index in [2.05, 4.69) is 10.2 Å². The summed E-state index contributed by atoms with van der Waals surface area (Å²) >= 11 is 0. The molecular weight excluding hydrogens is 254 g/mol. The predicted octanol–water partition coefficient (Wildman–Crippen LogP) is 1.46. The second-order valence-corrected chi connectivity index (χ2v) is 4.86. The molecule has 6 nitrogen and oxygen atoms in total. The molecule has 0 aliphatic rings. The van der Waals surface area contributed by atoms with E-state index in [0.29, 0.717) is 19.5 Å². The Morgan fingerprint density at radius 1 is 1.40 bits per heavy atom. The summed E-state index contributed by atoms with van der Waals surface area (Å²) in [5.41, 5.74) is 1.99. The molecule has 2 heterocycles. The number of aryl methyl sites for hydroxylation is 3. The Morgan fingerprint density at radius 3 is 2.80 bits per heavy atom. The van der Waals surface area contributed by atoms with Gasteiger partial charge in [0.25, 0.3) is 0 Å². The zero-order chi connectivity index (χ0) is 14.5. The number of rotatable bonds is 6. The lowest BCUT2D eigenvalue weighted by atomic mass is 10.3. The average Bonchev–Trinajstić information content (AvgIpc) is 3.05. The summed E-state index contributed by atoms with van der Waals surface area (Å²) in [7, 11) is 1.81. The Kier molecular flexibility index (Phi) is 4.55. The van der Waals surface area contributed by atoms with Crippen molar-refractivity contribution >= 4 is 5.91 Å². The molecule has 2 aromatic heterocycles. The van der Waals surface area contributed by atoms with Crippen molar-refractivity contribution in [3.05, 3.63) is 35.9 Å². The van der Waals surface area contributed by atoms with E-state index in [1.165, 1.54) is 0 Å². The van der Waals surface area contributed by atoms with Crippen LogP contribution >= 0.6 is 0 Å². The number of hydrogen-bond acceptors (Lipinski definition) is 3. The maximum atomic E-state index is 12.1. The minimum Gasteiger partial charge on any atom is -0.340 e. The van der Waals surface area contributed by atoms with Crippen molar-refractivity contribution in [3.8, 4) is 0 Å². The van der Waals surface area contributed by atoms with Gasteiger partial charge in [-0.3, -0.25) is 14.2 Å². The van der Waals surface area contributed by atoms with E-state index >= 15 is 0 Å². The normalized spacial score (nSPS) is 10.8. The first-order valence-corrected chi connectivity index (χ1v) is 6.85. The summed E-state index contributed by atoms with van der Waals surface area (Å²) in [5.74, 6) is 0.103. The molecule has 0 spiro atoms. The van der Waals surface area contributed by atoms with Crippen LogP contribution in [-0.2, 0) is 24.4 Å². The number of nitrogens with zero attached hydrogens (tertiary/aromatic N) is 5. The molecule has 0 aromatic carbocycles. The van der Waals surface area contributed by atoms with Crippen LogP contribution in [0.4, 0.5) is 0 Å². The van der Waals surface area contributed by atoms with E-state index in [9.17, 15) is 4.79 Å². The van der Waals surface area contributed by atoms with Gasteiger partial charge >= 0.3 is 0 Å². The molecule has 0 unspecified atom stereocenters. The highest BCUT2D eigenvalue weighted by molar-refractivity contribution is 5.75. The Labute approximate surface area is 119 Å². The molecule has 0 saturated carbocycles. The third-order valence-corrected chi connectivity index (χ3v) is 3.31. The van der Waals surface area contributed by atoms with E-state index in [1.807, 2.05) is 48.6 Å². The molecular formula is C14H21N5O. The summed E-state index contributed by atoms with van der Waals surface area (Å²) in [6.07, 6.45) is 4.13. The Hall–Kier alpha value is -2.11. The largest absolute Gasteiger partial charge is 0.340 e. The summed E-state index contributed by atoms with van der Waals surface area (Å²) in [6.45, 7) is 6.03. The number of hydrogen-bond donors (Lipinski definition) is 0. The van der Waals surface area contributed by atoms with Crippen molar-refractivity contribution in [1.29, 1.82) is 0 Å². The van der Waals surface area contributed by atoms with Crippen molar-refractivity contribution in [2.75, 3.05) is 7.05 Å². The van der Waals surface area contributed by atoms with Crippen molar-refractivity contribution in [2.45, 2.75) is 39.9 Å². The molecule has 1 amide bonds. The highest BCUT2D eigenvalue weighted by Crippen LogP contribution is 2.04. The fourth-order valence-corrected chi connectivity index (χ4v) is 2.02. The molecule has 0 bridgehead atoms. The molecule has 0 aliphatic carbocycles. The van der Waals surface area contributed by atoms with E-state index in [0.717, 1.165) is 17.9 Å². The highest BCUT2D eigenvalue weighted by atomic mass is 16.2. The molecule has 0 fully saturated rings. The first-order chi connectivity index (χ1) is 9.60. The third kappa shape index (κ3) is 3.46. The average molecular weight is 275 g/mol. The number of amides is 1. The molecule has 0 N–H and O–H groups in total. The monoisotopic (exact) mass is 275 g/mol. The van der Waals surface area contributed by atoms with Crippen molar-refractivity contribution in [1.82, 2.24) is 24.5 Å². The standard InChI is InChI=1S/C14H21N5O/c1-4-18-9-6-13(16-18)11-17(3)14(20)7-10-19-12(2)5-8-15-19/h5-6,8-9H,4,7,10-11H2,1-3H3. The summed E-state index contributed by atoms with van der Waals surface area (Å²) < 4.78 is 3.71. The number of carbonyl (C=O) groups excluding carboxylic acids is 1. The molecule has 20 heavy (non-hydrogen) atoms. The molecule has 6 heteroatoms. The van der Waals surface area contributed by atoms with Gasteiger partial charge in [-0.15, -0.1) is 0 Å². The fourth-order valence-electron chi connectivity index (χ4n) is 2.02. The minimum absolute atomic E-state index is 0.103. The molecule has 0 radical (unpaired) electrons. The third-order valence-electron chi connectivity index (χ3n) is 3.31. The first kappa shape index (κ1) is 14.3. The van der Waals surface area contributed by atoms with E-state index < -0.39 is 0 Å². The van der Waals surface area contributed by atoms with Crippen LogP contribution in [0.1, 0.15) is 24.7 Å². The van der Waals surface area contributed by atoms with Crippen LogP contribution in [0.3, 0.4) is 0 Å². The lowest BCUT2D eigenvalue weighted by molar-refractivity contribution is -0.130. The molecule has 108 valence electrons. The minimum atomic E-state index is 0.103. The lowest BCUT2D eigenvalue weighted by Gasteiger charge is -2.16. The van der Waals surface area contributed by atoms with Crippen molar-refractivity contribution in [3.63, 3.8) is 0 Å². The SMILES string of the molecule is CCn1ccc(CN(C)C(=O)CCn2nccc2C)n1. The van der Waals surface area contributed by atoms with Gasteiger partial charge in [-0.2, -0.15) is 10.2 Å². The van der Waals surface area contributed by atoms with Gasteiger partial charge in [0.1, 0.15) is 0 Å². The van der Waals surface area contributed by atoms with Gasteiger partial charge in [0.15, 0.2) is 0 Å². The van der Waals surface area contributed by atoms with E-state index in [1.54, 1.807) is 11.1 Å². The number of aromatic nitrogens is 4. The smallest absolute Gasteiger partial charge is 0.224 e. The van der Waals surface area contributed by atoms with Crippen LogP contribution in [0.15, 0.2) is 24.5 Å². The Morgan fingerprint density at radius 2 is 2.20 bits per heavy atom. The quantitative estimate of drug-likeness (QED) is 0.802. The van der Waals surface area contributed by atoms with Gasteiger partial charge in [-0.05, 0) is 26.0 Å². The molecule has 0 saturated heterocycles. The van der Waals surface area contributed by atoms with Crippen LogP contribution in [0, 0.1) is 6.92 Å². The van der Waals surface area contributed by atoms with Gasteiger partial charge in [0.2, 0.25) is 5.91 Å². The Balaban J connectivity index is 1.84.